The molecule has 2 unspecified atom stereocenters. The Labute approximate surface area is 295 Å². The third-order valence-electron chi connectivity index (χ3n) is 7.11. The van der Waals surface area contributed by atoms with Crippen LogP contribution in [-0.2, 0) is 52.5 Å². The predicted octanol–water partition coefficient (Wildman–Crippen LogP) is -0.176. The highest BCUT2D eigenvalue weighted by molar-refractivity contribution is 8.00. The first-order chi connectivity index (χ1) is 23.5. The van der Waals surface area contributed by atoms with Gasteiger partial charge in [-0.25, -0.2) is 14.6 Å². The fraction of sp³-hybridized carbons (Fsp3) is 0.586. The van der Waals surface area contributed by atoms with Crippen LogP contribution < -0.4 is 22.5 Å². The minimum atomic E-state index is -1.52. The Bertz CT molecular complexity index is 1470. The number of anilines is 1. The Morgan fingerprint density at radius 1 is 1.00 bits per heavy atom. The zero-order valence-corrected chi connectivity index (χ0v) is 29.8. The number of hydrogen-bond acceptors (Lipinski definition) is 19. The van der Waals surface area contributed by atoms with Gasteiger partial charge >= 0.3 is 24.1 Å². The number of carbonyl (C=O) groups is 6. The van der Waals surface area contributed by atoms with E-state index in [1.54, 1.807) is 27.7 Å². The third kappa shape index (κ3) is 10.3. The number of oxime groups is 1. The fourth-order valence-corrected chi connectivity index (χ4v) is 5.91. The van der Waals surface area contributed by atoms with Crippen LogP contribution in [0.25, 0.3) is 0 Å². The molecule has 1 aromatic rings. The van der Waals surface area contributed by atoms with Gasteiger partial charge in [-0.05, 0) is 17.9 Å². The molecule has 0 radical (unpaired) electrons. The fourth-order valence-electron chi connectivity index (χ4n) is 4.17. The number of esters is 3. The van der Waals surface area contributed by atoms with Crippen molar-refractivity contribution in [1.29, 1.82) is 0 Å². The molecule has 276 valence electrons. The third-order valence-corrected chi connectivity index (χ3v) is 8.96. The predicted molar refractivity (Wildman–Crippen MR) is 178 cm³/mol. The largest absolute Gasteiger partial charge is 0.511 e. The summed E-state index contributed by atoms with van der Waals surface area (Å²) in [5, 5.41) is 7.32. The highest BCUT2D eigenvalue weighted by Crippen LogP contribution is 2.38. The molecule has 5 atom stereocenters. The number of aromatic nitrogens is 1. The first-order valence-corrected chi connectivity index (χ1v) is 17.2. The van der Waals surface area contributed by atoms with Crippen molar-refractivity contribution in [3.05, 3.63) is 22.8 Å². The maximum absolute atomic E-state index is 13.1. The van der Waals surface area contributed by atoms with Gasteiger partial charge in [-0.2, -0.15) is 0 Å². The van der Waals surface area contributed by atoms with Gasteiger partial charge in [0, 0.05) is 18.1 Å². The molecule has 2 aliphatic rings. The lowest BCUT2D eigenvalue weighted by Crippen LogP contribution is -2.70. The maximum atomic E-state index is 13.1. The topological polar surface area (TPSA) is 276 Å². The number of rotatable bonds is 16. The van der Waals surface area contributed by atoms with Crippen molar-refractivity contribution in [3.8, 4) is 0 Å². The summed E-state index contributed by atoms with van der Waals surface area (Å²) >= 11 is 2.36. The van der Waals surface area contributed by atoms with E-state index in [0.29, 0.717) is 0 Å². The number of hydrogen-bond donors (Lipinski definition) is 4. The number of thiazole rings is 1. The molecule has 1 aromatic heterocycles. The number of fused-ring (bicyclic) bond motifs is 1. The van der Waals surface area contributed by atoms with Gasteiger partial charge in [-0.1, -0.05) is 32.9 Å². The number of thioether (sulfide) groups is 1. The van der Waals surface area contributed by atoms with Crippen molar-refractivity contribution in [3.63, 3.8) is 0 Å². The number of nitrogens with two attached hydrogens (primary N) is 3. The van der Waals surface area contributed by atoms with Crippen LogP contribution >= 0.6 is 23.1 Å². The Kier molecular flexibility index (Phi) is 14.4. The summed E-state index contributed by atoms with van der Waals surface area (Å²) in [7, 11) is 1.24. The molecule has 2 amide bonds. The molecular formula is C29H41N7O12S2. The first kappa shape index (κ1) is 40.0. The molecule has 19 nitrogen and oxygen atoms in total. The lowest BCUT2D eigenvalue weighted by Gasteiger charge is -2.48. The Balaban J connectivity index is 1.57. The van der Waals surface area contributed by atoms with Gasteiger partial charge in [0.25, 0.3) is 11.8 Å². The van der Waals surface area contributed by atoms with Gasteiger partial charge in [0.1, 0.15) is 55.2 Å². The second kappa shape index (κ2) is 18.0. The summed E-state index contributed by atoms with van der Waals surface area (Å²) in [6.07, 6.45) is -2.76. The smallest absolute Gasteiger partial charge is 0.460 e. The average Bonchev–Trinajstić information content (AvgIpc) is 3.50. The van der Waals surface area contributed by atoms with E-state index in [1.165, 1.54) is 37.3 Å². The van der Waals surface area contributed by atoms with E-state index in [9.17, 15) is 28.8 Å². The maximum Gasteiger partial charge on any atom is 0.511 e. The zero-order chi connectivity index (χ0) is 37.3. The summed E-state index contributed by atoms with van der Waals surface area (Å²) in [6.45, 7) is 6.99. The van der Waals surface area contributed by atoms with E-state index in [1.807, 2.05) is 0 Å². The molecule has 0 saturated carbocycles. The van der Waals surface area contributed by atoms with Crippen LogP contribution in [-0.4, -0.2) is 113 Å². The van der Waals surface area contributed by atoms with Crippen molar-refractivity contribution in [2.24, 2.45) is 28.5 Å². The zero-order valence-electron chi connectivity index (χ0n) is 28.2. The number of nitrogens with one attached hydrogen (secondary N) is 1. The van der Waals surface area contributed by atoms with Crippen molar-refractivity contribution in [2.45, 2.75) is 70.5 Å². The molecule has 21 heteroatoms. The van der Waals surface area contributed by atoms with Crippen LogP contribution in [0.1, 0.15) is 40.3 Å². The van der Waals surface area contributed by atoms with E-state index in [-0.39, 0.29) is 39.8 Å². The van der Waals surface area contributed by atoms with E-state index in [0.717, 1.165) is 16.2 Å². The summed E-state index contributed by atoms with van der Waals surface area (Å²) in [4.78, 5) is 86.1. The normalized spacial score (nSPS) is 19.0. The molecule has 50 heavy (non-hydrogen) atoms. The highest BCUT2D eigenvalue weighted by atomic mass is 32.2. The van der Waals surface area contributed by atoms with Gasteiger partial charge in [-0.3, -0.25) is 24.1 Å². The quantitative estimate of drug-likeness (QED) is 0.0427. The molecule has 0 aromatic carbocycles. The Morgan fingerprint density at radius 3 is 2.12 bits per heavy atom. The first-order valence-electron chi connectivity index (χ1n) is 15.3. The van der Waals surface area contributed by atoms with Crippen molar-refractivity contribution in [1.82, 2.24) is 15.2 Å². The molecular weight excluding hydrogens is 702 g/mol. The van der Waals surface area contributed by atoms with E-state index in [4.69, 9.17) is 45.7 Å². The van der Waals surface area contributed by atoms with Gasteiger partial charge < -0.3 is 51.0 Å². The molecule has 1 saturated heterocycles. The SMILES string of the molecule is CO/N=C(\C(=O)NC1C(=O)N2C(C(=O)OC(C)OC(=O)OC(COC(=O)[C@@H](N)C(C)C)COC(=O)[C@@H](N)C(C)C)=CCS[C@@H]12)c1csc(N)n1. The number of ether oxygens (including phenoxy) is 5. The van der Waals surface area contributed by atoms with Crippen LogP contribution in [0.2, 0.25) is 0 Å². The second-order valence-electron chi connectivity index (χ2n) is 11.5. The van der Waals surface area contributed by atoms with E-state index in [2.05, 4.69) is 15.5 Å². The Hall–Kier alpha value is -4.47. The molecule has 2 aliphatic heterocycles. The van der Waals surface area contributed by atoms with E-state index >= 15 is 0 Å². The van der Waals surface area contributed by atoms with Crippen molar-refractivity contribution < 1.29 is 57.3 Å². The van der Waals surface area contributed by atoms with Crippen LogP contribution in [0.4, 0.5) is 9.93 Å². The lowest BCUT2D eigenvalue weighted by molar-refractivity contribution is -0.173. The van der Waals surface area contributed by atoms with Gasteiger partial charge in [0.2, 0.25) is 6.29 Å². The van der Waals surface area contributed by atoms with Crippen LogP contribution in [0.3, 0.4) is 0 Å². The summed E-state index contributed by atoms with van der Waals surface area (Å²) in [5.74, 6) is -4.12. The number of carbonyl (C=O) groups excluding carboxylic acids is 6. The van der Waals surface area contributed by atoms with Gasteiger partial charge in [-0.15, -0.1) is 23.1 Å². The number of amides is 2. The van der Waals surface area contributed by atoms with Gasteiger partial charge in [0.15, 0.2) is 16.9 Å². The average molecular weight is 744 g/mol. The molecule has 0 spiro atoms. The summed E-state index contributed by atoms with van der Waals surface area (Å²) in [6, 6.07) is -2.93. The molecule has 7 N–H and O–H groups in total. The molecule has 3 rings (SSSR count). The minimum Gasteiger partial charge on any atom is -0.460 e. The molecule has 1 fully saturated rings. The van der Waals surface area contributed by atoms with Crippen LogP contribution in [0, 0.1) is 11.8 Å². The standard InChI is InChI=1S/C29H41N7O12S2/c1-12(2)18(30)26(40)44-9-15(10-45-27(41)19(31)13(3)4)48-29(42)47-14(5)46-25(39)17-7-8-49-24-21(23(38)36(17)24)34-22(37)20(35-43-6)16-11-50-28(32)33-16/h7,11-15,18-19,21,24H,8-10,30-31H2,1-6H3,(H2,32,33)(H,34,37)/b35-20-/t14?,18-,19-,21?,24-/m0/s1. The molecule has 3 heterocycles. The second-order valence-corrected chi connectivity index (χ2v) is 13.6. The summed E-state index contributed by atoms with van der Waals surface area (Å²) in [5.41, 5.74) is 17.1. The highest BCUT2D eigenvalue weighted by Gasteiger charge is 2.53. The van der Waals surface area contributed by atoms with Crippen LogP contribution in [0.15, 0.2) is 22.3 Å². The van der Waals surface area contributed by atoms with Crippen LogP contribution in [0.5, 0.6) is 0 Å². The van der Waals surface area contributed by atoms with E-state index < -0.39 is 85.0 Å². The Morgan fingerprint density at radius 2 is 1.60 bits per heavy atom. The summed E-state index contributed by atoms with van der Waals surface area (Å²) < 4.78 is 25.7. The lowest BCUT2D eigenvalue weighted by atomic mass is 10.0. The number of nitrogens with zero attached hydrogens (tertiary/aromatic N) is 3. The molecule has 0 aliphatic carbocycles. The van der Waals surface area contributed by atoms with Crippen molar-refractivity contribution in [2.75, 3.05) is 31.8 Å². The minimum absolute atomic E-state index is 0.134. The number of β-lactam (4-membered cyclic amide) rings is 1. The molecule has 0 bridgehead atoms. The number of nitrogen functional groups attached to an aromatic ring is 1. The van der Waals surface area contributed by atoms with Crippen molar-refractivity contribution >= 4 is 69.8 Å². The van der Waals surface area contributed by atoms with Gasteiger partial charge in [0.05, 0.1) is 0 Å². The monoisotopic (exact) mass is 743 g/mol.